The fraction of sp³-hybridized carbons (Fsp3) is 0.600. The molecule has 0 bridgehead atoms. The van der Waals surface area contributed by atoms with Gasteiger partial charge in [-0.1, -0.05) is 11.3 Å². The van der Waals surface area contributed by atoms with E-state index in [4.69, 9.17) is 15.0 Å². The quantitative estimate of drug-likeness (QED) is 0.417. The molecule has 0 aliphatic rings. The Bertz CT molecular complexity index is 538. The number of nitrogens with zero attached hydrogens (tertiary/aromatic N) is 1. The molecule has 1 rings (SSSR count). The first-order valence-corrected chi connectivity index (χ1v) is 8.19. The molecule has 19 heavy (non-hydrogen) atoms. The standard InChI is InChI=1S/C10H16N2O5S2/c1-2-17-9(13)6-8-7-18-10(11)12(8)4-3-5-19(14,15)16/h7,11H,2-6H2,1H3,(H,14,15,16)/p+1. The van der Waals surface area contributed by atoms with Crippen molar-refractivity contribution in [3.63, 3.8) is 0 Å². The van der Waals surface area contributed by atoms with Gasteiger partial charge in [0.25, 0.3) is 10.1 Å². The maximum atomic E-state index is 11.4. The highest BCUT2D eigenvalue weighted by molar-refractivity contribution is 7.85. The second-order valence-electron chi connectivity index (χ2n) is 3.84. The van der Waals surface area contributed by atoms with Gasteiger partial charge in [0, 0.05) is 11.8 Å². The summed E-state index contributed by atoms with van der Waals surface area (Å²) in [5, 5.41) is 2.22. The van der Waals surface area contributed by atoms with E-state index in [2.05, 4.69) is 0 Å². The molecule has 1 aromatic heterocycles. The molecule has 0 saturated heterocycles. The number of hydrogen-bond donors (Lipinski definition) is 2. The van der Waals surface area contributed by atoms with Crippen LogP contribution in [0.5, 0.6) is 0 Å². The third-order valence-corrected chi connectivity index (χ3v) is 4.00. The highest BCUT2D eigenvalue weighted by atomic mass is 32.2. The van der Waals surface area contributed by atoms with Crippen LogP contribution in [0, 0.1) is 0 Å². The van der Waals surface area contributed by atoms with Gasteiger partial charge in [-0.05, 0) is 6.92 Å². The van der Waals surface area contributed by atoms with Crippen molar-refractivity contribution in [3.8, 4) is 0 Å². The average Bonchev–Trinajstić information content (AvgIpc) is 2.60. The zero-order valence-corrected chi connectivity index (χ0v) is 12.2. The van der Waals surface area contributed by atoms with Gasteiger partial charge in [0.15, 0.2) is 0 Å². The van der Waals surface area contributed by atoms with Gasteiger partial charge < -0.3 is 4.74 Å². The normalized spacial score (nSPS) is 11.5. The topological polar surface area (TPSA) is 111 Å². The molecule has 0 amide bonds. The van der Waals surface area contributed by atoms with Crippen LogP contribution in [0.1, 0.15) is 19.0 Å². The molecular formula is C10H17N2O5S2+. The van der Waals surface area contributed by atoms with E-state index in [1.807, 2.05) is 0 Å². The van der Waals surface area contributed by atoms with E-state index in [1.165, 1.54) is 11.3 Å². The highest BCUT2D eigenvalue weighted by Gasteiger charge is 2.18. The average molecular weight is 309 g/mol. The highest BCUT2D eigenvalue weighted by Crippen LogP contribution is 2.11. The molecule has 0 radical (unpaired) electrons. The predicted molar refractivity (Wildman–Crippen MR) is 70.3 cm³/mol. The molecule has 1 heterocycles. The lowest BCUT2D eigenvalue weighted by Crippen LogP contribution is -2.40. The summed E-state index contributed by atoms with van der Waals surface area (Å²) >= 11 is 1.27. The number of ether oxygens (including phenoxy) is 1. The third-order valence-electron chi connectivity index (χ3n) is 2.34. The van der Waals surface area contributed by atoms with Crippen LogP contribution in [0.3, 0.4) is 0 Å². The zero-order valence-electron chi connectivity index (χ0n) is 10.5. The lowest BCUT2D eigenvalue weighted by molar-refractivity contribution is -0.685. The van der Waals surface area contributed by atoms with Gasteiger partial charge in [-0.25, -0.2) is 4.57 Å². The second kappa shape index (κ2) is 6.83. The monoisotopic (exact) mass is 309 g/mol. The molecule has 1 aromatic rings. The molecule has 0 saturated carbocycles. The van der Waals surface area contributed by atoms with Gasteiger partial charge in [0.1, 0.15) is 12.1 Å². The number of carbonyl (C=O) groups is 1. The fourth-order valence-electron chi connectivity index (χ4n) is 1.55. The maximum Gasteiger partial charge on any atom is 0.331 e. The number of nitrogens with two attached hydrogens (primary N) is 1. The van der Waals surface area contributed by atoms with Crippen molar-refractivity contribution >= 4 is 32.6 Å². The summed E-state index contributed by atoms with van der Waals surface area (Å²) < 4.78 is 36.4. The summed E-state index contributed by atoms with van der Waals surface area (Å²) in [5.41, 5.74) is 6.44. The Morgan fingerprint density at radius 1 is 1.58 bits per heavy atom. The molecule has 3 N–H and O–H groups in total. The van der Waals surface area contributed by atoms with Gasteiger partial charge in [-0.15, -0.1) is 0 Å². The van der Waals surface area contributed by atoms with E-state index in [-0.39, 0.29) is 24.6 Å². The Hall–Kier alpha value is -1.19. The molecule has 9 heteroatoms. The minimum absolute atomic E-state index is 0.0907. The van der Waals surface area contributed by atoms with Crippen LogP contribution in [0.2, 0.25) is 0 Å². The number of hydrogen-bond acceptors (Lipinski definition) is 6. The number of aromatic nitrogens is 1. The third kappa shape index (κ3) is 5.53. The van der Waals surface area contributed by atoms with Crippen LogP contribution in [0.25, 0.3) is 0 Å². The summed E-state index contributed by atoms with van der Waals surface area (Å²) in [6.45, 7) is 2.35. The smallest absolute Gasteiger partial charge is 0.331 e. The van der Waals surface area contributed by atoms with Gasteiger partial charge in [0.2, 0.25) is 0 Å². The molecule has 0 spiro atoms. The molecule has 0 fully saturated rings. The van der Waals surface area contributed by atoms with Crippen molar-refractivity contribution in [2.24, 2.45) is 0 Å². The molecule has 7 nitrogen and oxygen atoms in total. The number of rotatable bonds is 7. The molecule has 0 aliphatic heterocycles. The Morgan fingerprint density at radius 2 is 2.26 bits per heavy atom. The largest absolute Gasteiger partial charge is 0.466 e. The summed E-state index contributed by atoms with van der Waals surface area (Å²) in [7, 11) is -3.98. The lowest BCUT2D eigenvalue weighted by Gasteiger charge is -2.03. The van der Waals surface area contributed by atoms with Crippen LogP contribution in [0.15, 0.2) is 5.38 Å². The summed E-state index contributed by atoms with van der Waals surface area (Å²) in [6.07, 6.45) is 0.313. The Balaban J connectivity index is 2.67. The fourth-order valence-corrected chi connectivity index (χ4v) is 2.85. The zero-order chi connectivity index (χ0) is 14.5. The van der Waals surface area contributed by atoms with Crippen LogP contribution < -0.4 is 10.3 Å². The van der Waals surface area contributed by atoms with Crippen molar-refractivity contribution in [1.29, 1.82) is 0 Å². The summed E-state index contributed by atoms with van der Waals surface area (Å²) in [6, 6.07) is 0. The molecule has 0 unspecified atom stereocenters. The van der Waals surface area contributed by atoms with E-state index in [9.17, 15) is 13.2 Å². The second-order valence-corrected chi connectivity index (χ2v) is 6.30. The Kier molecular flexibility index (Phi) is 5.70. The minimum Gasteiger partial charge on any atom is -0.466 e. The van der Waals surface area contributed by atoms with Gasteiger partial charge in [0.05, 0.1) is 18.9 Å². The number of thiazole rings is 1. The first kappa shape index (κ1) is 15.9. The SMILES string of the molecule is CCOC(=O)Cc1csc(N)[n+]1CCCS(=O)(=O)O. The predicted octanol–water partition coefficient (Wildman–Crippen LogP) is 0.00130. The van der Waals surface area contributed by atoms with Gasteiger partial charge in [-0.3, -0.25) is 15.1 Å². The maximum absolute atomic E-state index is 11.4. The van der Waals surface area contributed by atoms with Crippen molar-refractivity contribution in [1.82, 2.24) is 0 Å². The van der Waals surface area contributed by atoms with E-state index in [0.29, 0.717) is 24.0 Å². The van der Waals surface area contributed by atoms with Crippen molar-refractivity contribution in [2.45, 2.75) is 26.3 Å². The van der Waals surface area contributed by atoms with E-state index < -0.39 is 10.1 Å². The molecule has 0 aliphatic carbocycles. The van der Waals surface area contributed by atoms with Crippen LogP contribution >= 0.6 is 11.3 Å². The summed E-state index contributed by atoms with van der Waals surface area (Å²) in [4.78, 5) is 11.4. The minimum atomic E-state index is -3.98. The van der Waals surface area contributed by atoms with Crippen LogP contribution in [-0.2, 0) is 32.6 Å². The van der Waals surface area contributed by atoms with Crippen molar-refractivity contribution in [3.05, 3.63) is 11.1 Å². The molecular weight excluding hydrogens is 292 g/mol. The van der Waals surface area contributed by atoms with Crippen LogP contribution in [0.4, 0.5) is 5.13 Å². The number of anilines is 1. The molecule has 0 aromatic carbocycles. The summed E-state index contributed by atoms with van der Waals surface area (Å²) in [5.74, 6) is -0.697. The number of nitrogen functional groups attached to an aromatic ring is 1. The van der Waals surface area contributed by atoms with E-state index in [1.54, 1.807) is 16.9 Å². The van der Waals surface area contributed by atoms with Gasteiger partial charge in [-0.2, -0.15) is 8.42 Å². The first-order valence-electron chi connectivity index (χ1n) is 5.70. The molecule has 108 valence electrons. The van der Waals surface area contributed by atoms with Crippen LogP contribution in [-0.4, -0.2) is 31.3 Å². The lowest BCUT2D eigenvalue weighted by atomic mass is 10.3. The molecule has 0 atom stereocenters. The van der Waals surface area contributed by atoms with Gasteiger partial charge >= 0.3 is 11.1 Å². The Morgan fingerprint density at radius 3 is 2.84 bits per heavy atom. The van der Waals surface area contributed by atoms with Crippen molar-refractivity contribution in [2.75, 3.05) is 18.1 Å². The van der Waals surface area contributed by atoms with Crippen molar-refractivity contribution < 1.29 is 27.1 Å². The van der Waals surface area contributed by atoms with E-state index in [0.717, 1.165) is 0 Å². The number of carbonyl (C=O) groups excluding carboxylic acids is 1. The van der Waals surface area contributed by atoms with E-state index >= 15 is 0 Å². The Labute approximate surface area is 115 Å². The number of esters is 1. The first-order chi connectivity index (χ1) is 8.83.